The zero-order chi connectivity index (χ0) is 7.98. The van der Waals surface area contributed by atoms with Gasteiger partial charge in [-0.15, -0.1) is 0 Å². The zero-order valence-electron chi connectivity index (χ0n) is 6.81. The minimum absolute atomic E-state index is 0.0371. The van der Waals surface area contributed by atoms with Crippen LogP contribution in [0.5, 0.6) is 0 Å². The molecule has 0 heterocycles. The van der Waals surface area contributed by atoms with Crippen molar-refractivity contribution in [2.24, 2.45) is 5.92 Å². The third-order valence-corrected chi connectivity index (χ3v) is 1.20. The molecule has 1 N–H and O–H groups in total. The van der Waals surface area contributed by atoms with Crippen LogP contribution in [0, 0.1) is 5.92 Å². The van der Waals surface area contributed by atoms with Gasteiger partial charge in [-0.1, -0.05) is 6.92 Å². The van der Waals surface area contributed by atoms with Crippen LogP contribution < -0.4 is 5.32 Å². The van der Waals surface area contributed by atoms with Gasteiger partial charge in [0, 0.05) is 6.54 Å². The molecule has 0 aromatic heterocycles. The van der Waals surface area contributed by atoms with E-state index in [0.717, 1.165) is 0 Å². The van der Waals surface area contributed by atoms with Crippen molar-refractivity contribution in [2.45, 2.75) is 13.8 Å². The standard InChI is InChI=1S/C7H15NO2/c1-4-10-7(9)6(2)5-8-3/h6,8H,4-5H2,1-3H3/t6-/m0/s1. The molecule has 60 valence electrons. The molecular weight excluding hydrogens is 130 g/mol. The first-order valence-corrected chi connectivity index (χ1v) is 3.53. The molecule has 0 aliphatic carbocycles. The highest BCUT2D eigenvalue weighted by Crippen LogP contribution is 1.95. The second-order valence-corrected chi connectivity index (χ2v) is 2.21. The molecule has 0 unspecified atom stereocenters. The van der Waals surface area contributed by atoms with E-state index in [1.165, 1.54) is 0 Å². The molecule has 3 heteroatoms. The summed E-state index contributed by atoms with van der Waals surface area (Å²) in [4.78, 5) is 10.9. The van der Waals surface area contributed by atoms with Crippen LogP contribution in [0.3, 0.4) is 0 Å². The SMILES string of the molecule is CCOC(=O)[C@@H](C)CNC. The Morgan fingerprint density at radius 1 is 1.70 bits per heavy atom. The summed E-state index contributed by atoms with van der Waals surface area (Å²) in [5.74, 6) is -0.165. The van der Waals surface area contributed by atoms with E-state index in [0.29, 0.717) is 13.2 Å². The first-order chi connectivity index (χ1) is 4.72. The van der Waals surface area contributed by atoms with Crippen molar-refractivity contribution < 1.29 is 9.53 Å². The highest BCUT2D eigenvalue weighted by molar-refractivity contribution is 5.72. The van der Waals surface area contributed by atoms with E-state index in [9.17, 15) is 4.79 Å². The molecule has 0 bridgehead atoms. The van der Waals surface area contributed by atoms with Gasteiger partial charge in [0.25, 0.3) is 0 Å². The Bertz CT molecular complexity index is 104. The largest absolute Gasteiger partial charge is 0.466 e. The summed E-state index contributed by atoms with van der Waals surface area (Å²) in [7, 11) is 1.82. The maximum absolute atomic E-state index is 10.9. The van der Waals surface area contributed by atoms with E-state index < -0.39 is 0 Å². The van der Waals surface area contributed by atoms with Crippen molar-refractivity contribution >= 4 is 5.97 Å². The van der Waals surface area contributed by atoms with Crippen LogP contribution in [0.15, 0.2) is 0 Å². The maximum atomic E-state index is 10.9. The lowest BCUT2D eigenvalue weighted by molar-refractivity contribution is -0.147. The van der Waals surface area contributed by atoms with Gasteiger partial charge >= 0.3 is 5.97 Å². The van der Waals surface area contributed by atoms with Crippen molar-refractivity contribution in [1.29, 1.82) is 0 Å². The van der Waals surface area contributed by atoms with Gasteiger partial charge < -0.3 is 10.1 Å². The number of hydrogen-bond donors (Lipinski definition) is 1. The molecule has 0 saturated heterocycles. The minimum atomic E-state index is -0.128. The van der Waals surface area contributed by atoms with E-state index >= 15 is 0 Å². The van der Waals surface area contributed by atoms with Gasteiger partial charge in [0.2, 0.25) is 0 Å². The molecular formula is C7H15NO2. The number of ether oxygens (including phenoxy) is 1. The van der Waals surface area contributed by atoms with Gasteiger partial charge in [-0.05, 0) is 14.0 Å². The van der Waals surface area contributed by atoms with E-state index in [-0.39, 0.29) is 11.9 Å². The van der Waals surface area contributed by atoms with Gasteiger partial charge in [-0.2, -0.15) is 0 Å². The Balaban J connectivity index is 3.49. The molecule has 0 fully saturated rings. The summed E-state index contributed by atoms with van der Waals surface area (Å²) < 4.78 is 4.78. The van der Waals surface area contributed by atoms with E-state index in [1.54, 1.807) is 0 Å². The molecule has 1 atom stereocenters. The van der Waals surface area contributed by atoms with Gasteiger partial charge in [0.15, 0.2) is 0 Å². The second-order valence-electron chi connectivity index (χ2n) is 2.21. The minimum Gasteiger partial charge on any atom is -0.466 e. The van der Waals surface area contributed by atoms with Crippen LogP contribution in [0.2, 0.25) is 0 Å². The molecule has 0 spiro atoms. The Labute approximate surface area is 61.8 Å². The van der Waals surface area contributed by atoms with Gasteiger partial charge in [-0.3, -0.25) is 4.79 Å². The van der Waals surface area contributed by atoms with E-state index in [1.807, 2.05) is 20.9 Å². The molecule has 0 aliphatic heterocycles. The molecule has 3 nitrogen and oxygen atoms in total. The fourth-order valence-electron chi connectivity index (χ4n) is 0.674. The summed E-state index contributed by atoms with van der Waals surface area (Å²) in [6.07, 6.45) is 0. The maximum Gasteiger partial charge on any atom is 0.309 e. The Kier molecular flexibility index (Phi) is 4.94. The summed E-state index contributed by atoms with van der Waals surface area (Å²) >= 11 is 0. The second kappa shape index (κ2) is 5.23. The summed E-state index contributed by atoms with van der Waals surface area (Å²) in [5, 5.41) is 2.91. The first kappa shape index (κ1) is 9.43. The number of carbonyl (C=O) groups excluding carboxylic acids is 1. The average Bonchev–Trinajstić information content (AvgIpc) is 1.89. The molecule has 10 heavy (non-hydrogen) atoms. The van der Waals surface area contributed by atoms with Crippen molar-refractivity contribution in [1.82, 2.24) is 5.32 Å². The Hall–Kier alpha value is -0.570. The van der Waals surface area contributed by atoms with Gasteiger partial charge in [0.1, 0.15) is 0 Å². The normalized spacial score (nSPS) is 12.7. The Morgan fingerprint density at radius 2 is 2.30 bits per heavy atom. The fourth-order valence-corrected chi connectivity index (χ4v) is 0.674. The topological polar surface area (TPSA) is 38.3 Å². The van der Waals surface area contributed by atoms with Crippen LogP contribution >= 0.6 is 0 Å². The molecule has 0 amide bonds. The van der Waals surface area contributed by atoms with Crippen molar-refractivity contribution in [3.63, 3.8) is 0 Å². The van der Waals surface area contributed by atoms with Crippen LogP contribution in [0.25, 0.3) is 0 Å². The van der Waals surface area contributed by atoms with Crippen LogP contribution in [0.4, 0.5) is 0 Å². The fraction of sp³-hybridized carbons (Fsp3) is 0.857. The monoisotopic (exact) mass is 145 g/mol. The lowest BCUT2D eigenvalue weighted by Crippen LogP contribution is -2.25. The molecule has 0 saturated carbocycles. The highest BCUT2D eigenvalue weighted by Gasteiger charge is 2.11. The smallest absolute Gasteiger partial charge is 0.309 e. The quantitative estimate of drug-likeness (QED) is 0.582. The molecule has 0 radical (unpaired) electrons. The lowest BCUT2D eigenvalue weighted by atomic mass is 10.2. The zero-order valence-corrected chi connectivity index (χ0v) is 6.81. The average molecular weight is 145 g/mol. The molecule has 0 aromatic carbocycles. The summed E-state index contributed by atoms with van der Waals surface area (Å²) in [6.45, 7) is 4.80. The molecule has 0 rings (SSSR count). The highest BCUT2D eigenvalue weighted by atomic mass is 16.5. The van der Waals surface area contributed by atoms with Crippen LogP contribution in [-0.2, 0) is 9.53 Å². The van der Waals surface area contributed by atoms with Crippen LogP contribution in [-0.4, -0.2) is 26.2 Å². The van der Waals surface area contributed by atoms with Crippen molar-refractivity contribution in [3.8, 4) is 0 Å². The van der Waals surface area contributed by atoms with Crippen molar-refractivity contribution in [2.75, 3.05) is 20.2 Å². The predicted molar refractivity (Wildman–Crippen MR) is 39.7 cm³/mol. The van der Waals surface area contributed by atoms with Crippen LogP contribution in [0.1, 0.15) is 13.8 Å². The summed E-state index contributed by atoms with van der Waals surface area (Å²) in [5.41, 5.74) is 0. The molecule has 0 aliphatic rings. The number of esters is 1. The molecule has 0 aromatic rings. The number of carbonyl (C=O) groups is 1. The number of rotatable bonds is 4. The van der Waals surface area contributed by atoms with Crippen molar-refractivity contribution in [3.05, 3.63) is 0 Å². The third-order valence-electron chi connectivity index (χ3n) is 1.20. The predicted octanol–water partition coefficient (Wildman–Crippen LogP) is 0.405. The Morgan fingerprint density at radius 3 is 2.70 bits per heavy atom. The summed E-state index contributed by atoms with van der Waals surface area (Å²) in [6, 6.07) is 0. The van der Waals surface area contributed by atoms with Gasteiger partial charge in [-0.25, -0.2) is 0 Å². The van der Waals surface area contributed by atoms with Gasteiger partial charge in [0.05, 0.1) is 12.5 Å². The third kappa shape index (κ3) is 3.45. The van der Waals surface area contributed by atoms with E-state index in [2.05, 4.69) is 5.32 Å². The first-order valence-electron chi connectivity index (χ1n) is 3.53. The lowest BCUT2D eigenvalue weighted by Gasteiger charge is -2.08. The number of hydrogen-bond acceptors (Lipinski definition) is 3. The van der Waals surface area contributed by atoms with E-state index in [4.69, 9.17) is 4.74 Å². The number of nitrogens with one attached hydrogen (secondary N) is 1.